The fourth-order valence-corrected chi connectivity index (χ4v) is 3.01. The van der Waals surface area contributed by atoms with Gasteiger partial charge in [-0.2, -0.15) is 0 Å². The molecule has 3 nitrogen and oxygen atoms in total. The number of hydrogen-bond donors (Lipinski definition) is 1. The van der Waals surface area contributed by atoms with Gasteiger partial charge in [0, 0.05) is 29.9 Å². The molecule has 0 amide bonds. The number of aromatic amines is 1. The van der Waals surface area contributed by atoms with Crippen LogP contribution in [0.2, 0.25) is 0 Å². The van der Waals surface area contributed by atoms with Crippen LogP contribution in [0.1, 0.15) is 25.1 Å². The maximum absolute atomic E-state index is 12.0. The molecule has 1 saturated carbocycles. The largest absolute Gasteiger partial charge is 0.341 e. The number of Topliss-reactive ketones (excluding diaryl/α,β-unsaturated/α-hetero) is 1. The van der Waals surface area contributed by atoms with Crippen LogP contribution in [0.15, 0.2) is 60.7 Å². The highest BCUT2D eigenvalue weighted by molar-refractivity contribution is 5.83. The molecule has 3 heteroatoms. The Kier molecular flexibility index (Phi) is 3.99. The smallest absolute Gasteiger partial charge is 0.136 e. The molecule has 3 aromatic rings. The fourth-order valence-electron chi connectivity index (χ4n) is 3.01. The summed E-state index contributed by atoms with van der Waals surface area (Å²) >= 11 is 0. The Morgan fingerprint density at radius 3 is 2.21 bits per heavy atom. The maximum Gasteiger partial charge on any atom is 0.136 e. The number of carbonyl (C=O) groups is 1. The molecule has 120 valence electrons. The third-order valence-electron chi connectivity index (χ3n) is 4.50. The first kappa shape index (κ1) is 14.9. The van der Waals surface area contributed by atoms with Crippen molar-refractivity contribution in [3.8, 4) is 22.5 Å². The van der Waals surface area contributed by atoms with Gasteiger partial charge < -0.3 is 4.98 Å². The number of benzene rings is 2. The van der Waals surface area contributed by atoms with Gasteiger partial charge in [-0.15, -0.1) is 0 Å². The Morgan fingerprint density at radius 1 is 0.958 bits per heavy atom. The van der Waals surface area contributed by atoms with Crippen molar-refractivity contribution < 1.29 is 4.79 Å². The lowest BCUT2D eigenvalue weighted by Crippen LogP contribution is -2.02. The lowest BCUT2D eigenvalue weighted by molar-refractivity contribution is -0.120. The summed E-state index contributed by atoms with van der Waals surface area (Å²) in [6, 6.07) is 20.4. The number of nitrogens with zero attached hydrogens (tertiary/aromatic N) is 1. The summed E-state index contributed by atoms with van der Waals surface area (Å²) in [7, 11) is 0. The summed E-state index contributed by atoms with van der Waals surface area (Å²) in [5, 5.41) is 0. The molecule has 1 fully saturated rings. The van der Waals surface area contributed by atoms with E-state index in [2.05, 4.69) is 29.2 Å². The minimum absolute atomic E-state index is 0.321. The molecule has 1 heterocycles. The number of H-pyrrole nitrogens is 1. The van der Waals surface area contributed by atoms with Gasteiger partial charge in [0.1, 0.15) is 11.6 Å². The van der Waals surface area contributed by atoms with E-state index in [4.69, 9.17) is 4.98 Å². The van der Waals surface area contributed by atoms with Crippen molar-refractivity contribution in [2.24, 2.45) is 5.92 Å². The Hall–Kier alpha value is -2.68. The zero-order valence-corrected chi connectivity index (χ0v) is 13.5. The van der Waals surface area contributed by atoms with Crippen LogP contribution in [0, 0.1) is 5.92 Å². The third kappa shape index (κ3) is 3.16. The highest BCUT2D eigenvalue weighted by Gasteiger charge is 2.29. The van der Waals surface area contributed by atoms with Gasteiger partial charge in [-0.25, -0.2) is 4.98 Å². The second-order valence-electron chi connectivity index (χ2n) is 6.38. The van der Waals surface area contributed by atoms with E-state index in [1.807, 2.05) is 36.4 Å². The van der Waals surface area contributed by atoms with Gasteiger partial charge in [0.05, 0.1) is 11.4 Å². The minimum atomic E-state index is 0.321. The average Bonchev–Trinajstić information content (AvgIpc) is 3.41. The summed E-state index contributed by atoms with van der Waals surface area (Å²) in [6.45, 7) is 0. The summed E-state index contributed by atoms with van der Waals surface area (Å²) in [5.74, 6) is 1.60. The number of nitrogens with one attached hydrogen (secondary N) is 1. The number of ketones is 1. The molecule has 1 N–H and O–H groups in total. The van der Waals surface area contributed by atoms with Gasteiger partial charge >= 0.3 is 0 Å². The normalized spacial score (nSPS) is 13.8. The van der Waals surface area contributed by atoms with Crippen molar-refractivity contribution in [1.29, 1.82) is 0 Å². The number of imidazole rings is 1. The predicted octanol–water partition coefficient (Wildman–Crippen LogP) is 4.66. The number of carbonyl (C=O) groups excluding carboxylic acids is 1. The molecule has 0 atom stereocenters. The van der Waals surface area contributed by atoms with Crippen LogP contribution < -0.4 is 0 Å². The maximum atomic E-state index is 12.0. The number of hydrogen-bond acceptors (Lipinski definition) is 2. The van der Waals surface area contributed by atoms with Crippen LogP contribution in [-0.2, 0) is 11.2 Å². The summed E-state index contributed by atoms with van der Waals surface area (Å²) in [4.78, 5) is 20.2. The van der Waals surface area contributed by atoms with E-state index in [1.54, 1.807) is 0 Å². The Bertz CT molecular complexity index is 776. The van der Waals surface area contributed by atoms with Crippen molar-refractivity contribution in [1.82, 2.24) is 9.97 Å². The average molecular weight is 316 g/mol. The lowest BCUT2D eigenvalue weighted by Gasteiger charge is -2.02. The molecule has 0 unspecified atom stereocenters. The molecule has 0 saturated heterocycles. The van der Waals surface area contributed by atoms with E-state index in [9.17, 15) is 4.79 Å². The first-order chi connectivity index (χ1) is 11.8. The van der Waals surface area contributed by atoms with Crippen LogP contribution >= 0.6 is 0 Å². The molecule has 0 radical (unpaired) electrons. The van der Waals surface area contributed by atoms with Crippen LogP contribution in [0.5, 0.6) is 0 Å². The predicted molar refractivity (Wildman–Crippen MR) is 95.5 cm³/mol. The number of aromatic nitrogens is 2. The van der Waals surface area contributed by atoms with E-state index in [1.165, 1.54) is 0 Å². The zero-order chi connectivity index (χ0) is 16.4. The first-order valence-electron chi connectivity index (χ1n) is 8.53. The molecule has 1 aliphatic rings. The van der Waals surface area contributed by atoms with Gasteiger partial charge in [-0.05, 0) is 12.8 Å². The minimum Gasteiger partial charge on any atom is -0.341 e. The fraction of sp³-hybridized carbons (Fsp3) is 0.238. The highest BCUT2D eigenvalue weighted by atomic mass is 16.1. The summed E-state index contributed by atoms with van der Waals surface area (Å²) in [6.07, 6.45) is 3.41. The molecule has 0 bridgehead atoms. The Balaban J connectivity index is 1.66. The molecule has 24 heavy (non-hydrogen) atoms. The molecule has 1 aliphatic carbocycles. The van der Waals surface area contributed by atoms with E-state index >= 15 is 0 Å². The topological polar surface area (TPSA) is 45.8 Å². The zero-order valence-electron chi connectivity index (χ0n) is 13.5. The van der Waals surface area contributed by atoms with Crippen molar-refractivity contribution >= 4 is 5.78 Å². The van der Waals surface area contributed by atoms with Crippen LogP contribution in [0.25, 0.3) is 22.5 Å². The van der Waals surface area contributed by atoms with Crippen LogP contribution in [0.4, 0.5) is 0 Å². The molecular weight excluding hydrogens is 296 g/mol. The SMILES string of the molecule is O=C(CCc1nc(-c2ccccc2)c(-c2ccccc2)[nH]1)C1CC1. The van der Waals surface area contributed by atoms with Gasteiger partial charge in [0.25, 0.3) is 0 Å². The van der Waals surface area contributed by atoms with Crippen LogP contribution in [-0.4, -0.2) is 15.8 Å². The van der Waals surface area contributed by atoms with Gasteiger partial charge in [-0.3, -0.25) is 4.79 Å². The van der Waals surface area contributed by atoms with Crippen molar-refractivity contribution in [2.45, 2.75) is 25.7 Å². The molecule has 2 aromatic carbocycles. The summed E-state index contributed by atoms with van der Waals surface area (Å²) in [5.41, 5.74) is 4.18. The van der Waals surface area contributed by atoms with Crippen molar-refractivity contribution in [3.63, 3.8) is 0 Å². The second-order valence-corrected chi connectivity index (χ2v) is 6.38. The van der Waals surface area contributed by atoms with E-state index < -0.39 is 0 Å². The molecule has 1 aromatic heterocycles. The molecule has 4 rings (SSSR count). The van der Waals surface area contributed by atoms with Gasteiger partial charge in [0.2, 0.25) is 0 Å². The monoisotopic (exact) mass is 316 g/mol. The van der Waals surface area contributed by atoms with Gasteiger partial charge in [-0.1, -0.05) is 60.7 Å². The Morgan fingerprint density at radius 2 is 1.58 bits per heavy atom. The van der Waals surface area contributed by atoms with E-state index in [0.717, 1.165) is 41.2 Å². The van der Waals surface area contributed by atoms with E-state index in [0.29, 0.717) is 24.5 Å². The lowest BCUT2D eigenvalue weighted by atomic mass is 10.1. The second kappa shape index (κ2) is 6.44. The third-order valence-corrected chi connectivity index (χ3v) is 4.50. The van der Waals surface area contributed by atoms with Crippen molar-refractivity contribution in [3.05, 3.63) is 66.5 Å². The molecule has 0 aliphatic heterocycles. The quantitative estimate of drug-likeness (QED) is 0.719. The van der Waals surface area contributed by atoms with Crippen LogP contribution in [0.3, 0.4) is 0 Å². The number of aryl methyl sites for hydroxylation is 1. The Labute approximate surface area is 141 Å². The van der Waals surface area contributed by atoms with Crippen molar-refractivity contribution in [2.75, 3.05) is 0 Å². The first-order valence-corrected chi connectivity index (χ1v) is 8.53. The number of rotatable bonds is 6. The molecule has 0 spiro atoms. The standard InChI is InChI=1S/C21H20N2O/c24-18(15-11-12-15)13-14-19-22-20(16-7-3-1-4-8-16)21(23-19)17-9-5-2-6-10-17/h1-10,15H,11-14H2,(H,22,23). The van der Waals surface area contributed by atoms with E-state index in [-0.39, 0.29) is 0 Å². The highest BCUT2D eigenvalue weighted by Crippen LogP contribution is 2.32. The molecular formula is C21H20N2O. The van der Waals surface area contributed by atoms with Gasteiger partial charge in [0.15, 0.2) is 0 Å². The summed E-state index contributed by atoms with van der Waals surface area (Å²) < 4.78 is 0.